The molecule has 1 aliphatic rings. The lowest BCUT2D eigenvalue weighted by Crippen LogP contribution is -2.50. The molecule has 0 aliphatic carbocycles. The van der Waals surface area contributed by atoms with Gasteiger partial charge in [0.2, 0.25) is 5.91 Å². The van der Waals surface area contributed by atoms with E-state index in [4.69, 9.17) is 0 Å². The molecule has 0 spiro atoms. The van der Waals surface area contributed by atoms with Gasteiger partial charge in [-0.3, -0.25) is 14.5 Å². The first-order chi connectivity index (χ1) is 10.1. The first kappa shape index (κ1) is 16.0. The number of hydrogen-bond donors (Lipinski definition) is 1. The molecule has 1 aromatic rings. The maximum atomic E-state index is 12.2. The molecule has 1 N–H and O–H groups in total. The van der Waals surface area contributed by atoms with Gasteiger partial charge in [0, 0.05) is 50.6 Å². The summed E-state index contributed by atoms with van der Waals surface area (Å²) in [7, 11) is 0. The second-order valence-electron chi connectivity index (χ2n) is 5.59. The van der Waals surface area contributed by atoms with Crippen LogP contribution in [0.5, 0.6) is 0 Å². The van der Waals surface area contributed by atoms with E-state index in [1.54, 1.807) is 11.3 Å². The quantitative estimate of drug-likeness (QED) is 0.891. The van der Waals surface area contributed by atoms with Crippen LogP contribution >= 0.6 is 11.3 Å². The fraction of sp³-hybridized carbons (Fsp3) is 0.600. The number of nitrogens with zero attached hydrogens (tertiary/aromatic N) is 2. The van der Waals surface area contributed by atoms with Crippen molar-refractivity contribution in [2.45, 2.75) is 13.8 Å². The number of carbonyl (C=O) groups excluding carboxylic acids is 2. The number of rotatable bonds is 5. The Hall–Kier alpha value is -1.40. The highest BCUT2D eigenvalue weighted by atomic mass is 32.1. The maximum Gasteiger partial charge on any atom is 0.254 e. The molecule has 2 heterocycles. The van der Waals surface area contributed by atoms with Crippen LogP contribution in [0.25, 0.3) is 0 Å². The number of piperazine rings is 1. The Labute approximate surface area is 129 Å². The number of hydrogen-bond acceptors (Lipinski definition) is 4. The third kappa shape index (κ3) is 4.54. The summed E-state index contributed by atoms with van der Waals surface area (Å²) in [5.74, 6) is 0.260. The lowest BCUT2D eigenvalue weighted by molar-refractivity contribution is -0.124. The molecule has 5 nitrogen and oxygen atoms in total. The van der Waals surface area contributed by atoms with E-state index in [9.17, 15) is 9.59 Å². The van der Waals surface area contributed by atoms with Crippen molar-refractivity contribution >= 4 is 23.2 Å². The van der Waals surface area contributed by atoms with Gasteiger partial charge in [0.1, 0.15) is 0 Å². The molecule has 0 aromatic carbocycles. The van der Waals surface area contributed by atoms with E-state index in [-0.39, 0.29) is 17.7 Å². The van der Waals surface area contributed by atoms with Crippen molar-refractivity contribution in [3.63, 3.8) is 0 Å². The highest BCUT2D eigenvalue weighted by molar-refractivity contribution is 7.08. The van der Waals surface area contributed by atoms with E-state index in [0.717, 1.165) is 38.3 Å². The van der Waals surface area contributed by atoms with Crippen LogP contribution in [0.3, 0.4) is 0 Å². The largest absolute Gasteiger partial charge is 0.355 e. The van der Waals surface area contributed by atoms with Crippen LogP contribution in [0, 0.1) is 5.92 Å². The molecular formula is C15H23N3O2S. The Morgan fingerprint density at radius 3 is 2.57 bits per heavy atom. The molecule has 2 amide bonds. The van der Waals surface area contributed by atoms with Gasteiger partial charge in [-0.1, -0.05) is 13.8 Å². The third-order valence-electron chi connectivity index (χ3n) is 3.68. The van der Waals surface area contributed by atoms with Gasteiger partial charge in [-0.15, -0.1) is 0 Å². The summed E-state index contributed by atoms with van der Waals surface area (Å²) in [5.41, 5.74) is 0.789. The van der Waals surface area contributed by atoms with Crippen LogP contribution in [0.4, 0.5) is 0 Å². The van der Waals surface area contributed by atoms with E-state index >= 15 is 0 Å². The van der Waals surface area contributed by atoms with Crippen LogP contribution in [0.2, 0.25) is 0 Å². The van der Waals surface area contributed by atoms with E-state index < -0.39 is 0 Å². The van der Waals surface area contributed by atoms with Gasteiger partial charge >= 0.3 is 0 Å². The smallest absolute Gasteiger partial charge is 0.254 e. The zero-order valence-electron chi connectivity index (χ0n) is 12.7. The van der Waals surface area contributed by atoms with Crippen LogP contribution < -0.4 is 5.32 Å². The predicted octanol–water partition coefficient (Wildman–Crippen LogP) is 1.28. The van der Waals surface area contributed by atoms with Gasteiger partial charge < -0.3 is 10.2 Å². The average Bonchev–Trinajstić information content (AvgIpc) is 3.01. The third-order valence-corrected chi connectivity index (χ3v) is 4.36. The topological polar surface area (TPSA) is 52.7 Å². The highest BCUT2D eigenvalue weighted by Crippen LogP contribution is 2.11. The number of carbonyl (C=O) groups is 2. The molecule has 1 saturated heterocycles. The van der Waals surface area contributed by atoms with Crippen molar-refractivity contribution in [1.29, 1.82) is 0 Å². The van der Waals surface area contributed by atoms with Gasteiger partial charge in [-0.2, -0.15) is 11.3 Å². The molecular weight excluding hydrogens is 286 g/mol. The van der Waals surface area contributed by atoms with Crippen molar-refractivity contribution in [2.75, 3.05) is 39.3 Å². The summed E-state index contributed by atoms with van der Waals surface area (Å²) >= 11 is 1.55. The average molecular weight is 309 g/mol. The monoisotopic (exact) mass is 309 g/mol. The normalized spacial score (nSPS) is 16.2. The van der Waals surface area contributed by atoms with Gasteiger partial charge in [0.15, 0.2) is 0 Å². The Kier molecular flexibility index (Phi) is 5.76. The number of thiophene rings is 1. The van der Waals surface area contributed by atoms with Crippen molar-refractivity contribution in [3.8, 4) is 0 Å². The van der Waals surface area contributed by atoms with Gasteiger partial charge in [0.25, 0.3) is 5.91 Å². The summed E-state index contributed by atoms with van der Waals surface area (Å²) < 4.78 is 0. The Morgan fingerprint density at radius 2 is 2.00 bits per heavy atom. The fourth-order valence-electron chi connectivity index (χ4n) is 2.28. The van der Waals surface area contributed by atoms with Crippen molar-refractivity contribution < 1.29 is 9.59 Å². The summed E-state index contributed by atoms with van der Waals surface area (Å²) in [5, 5.41) is 6.76. The number of nitrogens with one attached hydrogen (secondary N) is 1. The minimum absolute atomic E-state index is 0.0325. The van der Waals surface area contributed by atoms with E-state index in [0.29, 0.717) is 6.54 Å². The standard InChI is InChI=1S/C15H23N3O2S/c1-12(2)14(19)16-4-5-17-6-8-18(9-7-17)15(20)13-3-10-21-11-13/h3,10-12H,4-9H2,1-2H3,(H,16,19). The van der Waals surface area contributed by atoms with Crippen LogP contribution in [0.1, 0.15) is 24.2 Å². The van der Waals surface area contributed by atoms with Crippen LogP contribution in [-0.4, -0.2) is 60.9 Å². The number of amides is 2. The first-order valence-corrected chi connectivity index (χ1v) is 8.33. The van der Waals surface area contributed by atoms with Gasteiger partial charge in [0.05, 0.1) is 5.56 Å². The zero-order valence-corrected chi connectivity index (χ0v) is 13.5. The summed E-state index contributed by atoms with van der Waals surface area (Å²) in [6, 6.07) is 1.88. The Balaban J connectivity index is 1.69. The molecule has 1 aromatic heterocycles. The van der Waals surface area contributed by atoms with Crippen molar-refractivity contribution in [2.24, 2.45) is 5.92 Å². The lowest BCUT2D eigenvalue weighted by atomic mass is 10.2. The molecule has 116 valence electrons. The second kappa shape index (κ2) is 7.56. The fourth-order valence-corrected chi connectivity index (χ4v) is 2.91. The summed E-state index contributed by atoms with van der Waals surface area (Å²) in [6.07, 6.45) is 0. The summed E-state index contributed by atoms with van der Waals surface area (Å²) in [6.45, 7) is 8.56. The van der Waals surface area contributed by atoms with Crippen LogP contribution in [-0.2, 0) is 4.79 Å². The molecule has 1 fully saturated rings. The van der Waals surface area contributed by atoms with Crippen molar-refractivity contribution in [3.05, 3.63) is 22.4 Å². The molecule has 0 bridgehead atoms. The van der Waals surface area contributed by atoms with E-state index in [1.807, 2.05) is 35.6 Å². The second-order valence-corrected chi connectivity index (χ2v) is 6.37. The minimum Gasteiger partial charge on any atom is -0.355 e. The van der Waals surface area contributed by atoms with Crippen LogP contribution in [0.15, 0.2) is 16.8 Å². The molecule has 21 heavy (non-hydrogen) atoms. The zero-order chi connectivity index (χ0) is 15.2. The SMILES string of the molecule is CC(C)C(=O)NCCN1CCN(C(=O)c2ccsc2)CC1. The predicted molar refractivity (Wildman–Crippen MR) is 84.5 cm³/mol. The molecule has 0 radical (unpaired) electrons. The Morgan fingerprint density at radius 1 is 1.29 bits per heavy atom. The van der Waals surface area contributed by atoms with Gasteiger partial charge in [-0.25, -0.2) is 0 Å². The lowest BCUT2D eigenvalue weighted by Gasteiger charge is -2.34. The van der Waals surface area contributed by atoms with E-state index in [1.165, 1.54) is 0 Å². The molecule has 0 atom stereocenters. The highest BCUT2D eigenvalue weighted by Gasteiger charge is 2.22. The molecule has 1 aliphatic heterocycles. The Bertz CT molecular complexity index is 465. The minimum atomic E-state index is 0.0325. The van der Waals surface area contributed by atoms with E-state index in [2.05, 4.69) is 10.2 Å². The molecule has 2 rings (SSSR count). The molecule has 6 heteroatoms. The molecule has 0 saturated carbocycles. The summed E-state index contributed by atoms with van der Waals surface area (Å²) in [4.78, 5) is 27.9. The molecule has 0 unspecified atom stereocenters. The van der Waals surface area contributed by atoms with Gasteiger partial charge in [-0.05, 0) is 11.4 Å². The first-order valence-electron chi connectivity index (χ1n) is 7.39. The van der Waals surface area contributed by atoms with Crippen molar-refractivity contribution in [1.82, 2.24) is 15.1 Å². The maximum absolute atomic E-state index is 12.2.